The van der Waals surface area contributed by atoms with Crippen molar-refractivity contribution in [2.24, 2.45) is 5.10 Å². The summed E-state index contributed by atoms with van der Waals surface area (Å²) in [5.74, 6) is -0.501. The number of hydrogen-bond donors (Lipinski definition) is 1. The molecular weight excluding hydrogens is 269 g/mol. The predicted molar refractivity (Wildman–Crippen MR) is 68.6 cm³/mol. The summed E-state index contributed by atoms with van der Waals surface area (Å²) in [6.07, 6.45) is 4.48. The molecule has 2 aromatic rings. The Hall–Kier alpha value is -2.28. The average molecular weight is 279 g/mol. The Balaban J connectivity index is 2.10. The number of aromatic nitrogens is 1. The first kappa shape index (κ1) is 13.2. The fourth-order valence-corrected chi connectivity index (χ4v) is 2.08. The highest BCUT2D eigenvalue weighted by Gasteiger charge is 2.11. The molecule has 0 aliphatic carbocycles. The van der Waals surface area contributed by atoms with Crippen molar-refractivity contribution in [1.29, 1.82) is 0 Å². The van der Waals surface area contributed by atoms with Gasteiger partial charge >= 0.3 is 0 Å². The molecule has 19 heavy (non-hydrogen) atoms. The van der Waals surface area contributed by atoms with E-state index in [-0.39, 0.29) is 4.90 Å². The monoisotopic (exact) mass is 279 g/mol. The van der Waals surface area contributed by atoms with Gasteiger partial charge in [0.2, 0.25) is 0 Å². The predicted octanol–water partition coefficient (Wildman–Crippen LogP) is 1.53. The molecule has 0 aliphatic heterocycles. The fraction of sp³-hybridized carbons (Fsp3) is 0. The van der Waals surface area contributed by atoms with Crippen molar-refractivity contribution in [3.63, 3.8) is 0 Å². The summed E-state index contributed by atoms with van der Waals surface area (Å²) in [5.41, 5.74) is 0.705. The number of sulfonamides is 1. The van der Waals surface area contributed by atoms with Crippen LogP contribution in [0.5, 0.6) is 0 Å². The van der Waals surface area contributed by atoms with Crippen LogP contribution in [0.25, 0.3) is 0 Å². The molecule has 7 heteroatoms. The van der Waals surface area contributed by atoms with Gasteiger partial charge in [0.25, 0.3) is 10.0 Å². The van der Waals surface area contributed by atoms with Gasteiger partial charge in [0, 0.05) is 12.4 Å². The van der Waals surface area contributed by atoms with Crippen LogP contribution in [0.2, 0.25) is 0 Å². The number of pyridine rings is 1. The van der Waals surface area contributed by atoms with Crippen molar-refractivity contribution in [3.8, 4) is 0 Å². The molecule has 0 unspecified atom stereocenters. The van der Waals surface area contributed by atoms with Gasteiger partial charge < -0.3 is 0 Å². The van der Waals surface area contributed by atoms with E-state index in [0.29, 0.717) is 5.56 Å². The summed E-state index contributed by atoms with van der Waals surface area (Å²) in [5, 5.41) is 3.63. The van der Waals surface area contributed by atoms with E-state index in [2.05, 4.69) is 10.1 Å². The summed E-state index contributed by atoms with van der Waals surface area (Å²) >= 11 is 0. The first-order valence-electron chi connectivity index (χ1n) is 5.28. The van der Waals surface area contributed by atoms with Crippen LogP contribution in [0.3, 0.4) is 0 Å². The lowest BCUT2D eigenvalue weighted by Gasteiger charge is -2.02. The van der Waals surface area contributed by atoms with Gasteiger partial charge in [0.05, 0.1) is 11.1 Å². The summed E-state index contributed by atoms with van der Waals surface area (Å²) in [7, 11) is -3.78. The van der Waals surface area contributed by atoms with Crippen LogP contribution in [0.4, 0.5) is 4.39 Å². The SMILES string of the molecule is O=S(=O)(N/N=C/c1ccncc1)c1ccc(F)cc1. The van der Waals surface area contributed by atoms with Crippen molar-refractivity contribution >= 4 is 16.2 Å². The van der Waals surface area contributed by atoms with Crippen LogP contribution >= 0.6 is 0 Å². The number of benzene rings is 1. The molecule has 0 aliphatic rings. The summed E-state index contributed by atoms with van der Waals surface area (Å²) in [6, 6.07) is 7.83. The number of halogens is 1. The van der Waals surface area contributed by atoms with Crippen molar-refractivity contribution in [1.82, 2.24) is 9.82 Å². The molecule has 0 saturated heterocycles. The molecule has 0 bridgehead atoms. The van der Waals surface area contributed by atoms with Gasteiger partial charge in [-0.05, 0) is 42.0 Å². The van der Waals surface area contributed by atoms with Crippen LogP contribution in [-0.4, -0.2) is 19.6 Å². The van der Waals surface area contributed by atoms with Crippen molar-refractivity contribution < 1.29 is 12.8 Å². The van der Waals surface area contributed by atoms with Gasteiger partial charge in [0.15, 0.2) is 0 Å². The van der Waals surface area contributed by atoms with Gasteiger partial charge in [-0.2, -0.15) is 13.5 Å². The van der Waals surface area contributed by atoms with Crippen LogP contribution in [0.1, 0.15) is 5.56 Å². The van der Waals surface area contributed by atoms with E-state index >= 15 is 0 Å². The van der Waals surface area contributed by atoms with Crippen molar-refractivity contribution in [2.45, 2.75) is 4.90 Å². The number of rotatable bonds is 4. The molecular formula is C12H10FN3O2S. The second kappa shape index (κ2) is 5.57. The molecule has 1 aromatic carbocycles. The van der Waals surface area contributed by atoms with Crippen LogP contribution < -0.4 is 4.83 Å². The molecule has 1 heterocycles. The van der Waals surface area contributed by atoms with E-state index in [1.165, 1.54) is 18.3 Å². The zero-order valence-electron chi connectivity index (χ0n) is 9.69. The Bertz CT molecular complexity index is 670. The minimum absolute atomic E-state index is 0.0548. The third-order valence-corrected chi connectivity index (χ3v) is 3.46. The van der Waals surface area contributed by atoms with Crippen LogP contribution in [-0.2, 0) is 10.0 Å². The van der Waals surface area contributed by atoms with Crippen LogP contribution in [0, 0.1) is 5.82 Å². The lowest BCUT2D eigenvalue weighted by Crippen LogP contribution is -2.18. The molecule has 98 valence electrons. The third kappa shape index (κ3) is 3.59. The number of hydrogen-bond acceptors (Lipinski definition) is 4. The lowest BCUT2D eigenvalue weighted by atomic mass is 10.3. The van der Waals surface area contributed by atoms with E-state index in [4.69, 9.17) is 0 Å². The van der Waals surface area contributed by atoms with Gasteiger partial charge in [-0.15, -0.1) is 0 Å². The largest absolute Gasteiger partial charge is 0.276 e. The Kier molecular flexibility index (Phi) is 3.86. The molecule has 0 saturated carbocycles. The van der Waals surface area contributed by atoms with E-state index in [1.54, 1.807) is 24.5 Å². The Morgan fingerprint density at radius 2 is 1.74 bits per heavy atom. The molecule has 0 spiro atoms. The van der Waals surface area contributed by atoms with Crippen molar-refractivity contribution in [2.75, 3.05) is 0 Å². The minimum Gasteiger partial charge on any atom is -0.265 e. The quantitative estimate of drug-likeness (QED) is 0.681. The van der Waals surface area contributed by atoms with Crippen molar-refractivity contribution in [3.05, 3.63) is 60.2 Å². The summed E-state index contributed by atoms with van der Waals surface area (Å²) in [4.78, 5) is 5.81. The molecule has 2 rings (SSSR count). The summed E-state index contributed by atoms with van der Waals surface area (Å²) in [6.45, 7) is 0. The minimum atomic E-state index is -3.78. The molecule has 0 radical (unpaired) electrons. The first-order chi connectivity index (χ1) is 9.08. The zero-order chi connectivity index (χ0) is 13.7. The standard InChI is InChI=1S/C12H10FN3O2S/c13-11-1-3-12(4-2-11)19(17,18)16-15-9-10-5-7-14-8-6-10/h1-9,16H/b15-9+. The molecule has 5 nitrogen and oxygen atoms in total. The highest BCUT2D eigenvalue weighted by molar-refractivity contribution is 7.89. The second-order valence-corrected chi connectivity index (χ2v) is 5.25. The van der Waals surface area contributed by atoms with E-state index in [0.717, 1.165) is 12.1 Å². The Morgan fingerprint density at radius 3 is 2.37 bits per heavy atom. The fourth-order valence-electron chi connectivity index (χ4n) is 1.29. The highest BCUT2D eigenvalue weighted by Crippen LogP contribution is 2.09. The maximum atomic E-state index is 12.7. The van der Waals surface area contributed by atoms with Crippen LogP contribution in [0.15, 0.2) is 58.8 Å². The molecule has 0 fully saturated rings. The van der Waals surface area contributed by atoms with Gasteiger partial charge in [0.1, 0.15) is 5.82 Å². The molecule has 1 N–H and O–H groups in total. The Labute approximate surface area is 109 Å². The maximum Gasteiger partial charge on any atom is 0.276 e. The second-order valence-electron chi connectivity index (χ2n) is 3.59. The van der Waals surface area contributed by atoms with E-state index < -0.39 is 15.8 Å². The normalized spacial score (nSPS) is 11.6. The average Bonchev–Trinajstić information content (AvgIpc) is 2.40. The zero-order valence-corrected chi connectivity index (χ0v) is 10.5. The van der Waals surface area contributed by atoms with E-state index in [1.807, 2.05) is 4.83 Å². The smallest absolute Gasteiger partial charge is 0.265 e. The van der Waals surface area contributed by atoms with Gasteiger partial charge in [-0.1, -0.05) is 0 Å². The molecule has 1 aromatic heterocycles. The number of nitrogens with one attached hydrogen (secondary N) is 1. The van der Waals surface area contributed by atoms with Gasteiger partial charge in [-0.3, -0.25) is 4.98 Å². The topological polar surface area (TPSA) is 71.4 Å². The highest BCUT2D eigenvalue weighted by atomic mass is 32.2. The van der Waals surface area contributed by atoms with Gasteiger partial charge in [-0.25, -0.2) is 9.22 Å². The number of nitrogens with zero attached hydrogens (tertiary/aromatic N) is 2. The Morgan fingerprint density at radius 1 is 1.11 bits per heavy atom. The third-order valence-electron chi connectivity index (χ3n) is 2.22. The van der Waals surface area contributed by atoms with E-state index in [9.17, 15) is 12.8 Å². The molecule has 0 amide bonds. The summed E-state index contributed by atoms with van der Waals surface area (Å²) < 4.78 is 36.2. The number of hydrazone groups is 1. The molecule has 0 atom stereocenters. The first-order valence-corrected chi connectivity index (χ1v) is 6.77. The lowest BCUT2D eigenvalue weighted by molar-refractivity contribution is 0.583. The maximum absolute atomic E-state index is 12.7.